The minimum absolute atomic E-state index is 0.234. The van der Waals surface area contributed by atoms with E-state index in [0.29, 0.717) is 0 Å². The summed E-state index contributed by atoms with van der Waals surface area (Å²) in [5.41, 5.74) is -0.253. The fourth-order valence-corrected chi connectivity index (χ4v) is 4.01. The van der Waals surface area contributed by atoms with Crippen molar-refractivity contribution in [1.82, 2.24) is 10.6 Å². The molecular formula is C16H26N2OS. The predicted molar refractivity (Wildman–Crippen MR) is 85.3 cm³/mol. The van der Waals surface area contributed by atoms with E-state index >= 15 is 0 Å². The molecule has 3 nitrogen and oxygen atoms in total. The van der Waals surface area contributed by atoms with Gasteiger partial charge in [0.15, 0.2) is 0 Å². The number of hydrogen-bond acceptors (Lipinski definition) is 3. The van der Waals surface area contributed by atoms with Gasteiger partial charge in [-0.25, -0.2) is 0 Å². The van der Waals surface area contributed by atoms with E-state index in [1.54, 1.807) is 11.3 Å². The Hall–Kier alpha value is -0.870. The fraction of sp³-hybridized carbons (Fsp3) is 0.688. The van der Waals surface area contributed by atoms with Gasteiger partial charge in [0.2, 0.25) is 5.91 Å². The molecule has 1 aromatic heterocycles. The summed E-state index contributed by atoms with van der Waals surface area (Å²) in [4.78, 5) is 14.0. The van der Waals surface area contributed by atoms with Crippen LogP contribution in [-0.4, -0.2) is 25.5 Å². The lowest BCUT2D eigenvalue weighted by Gasteiger charge is -2.35. The highest BCUT2D eigenvalue weighted by molar-refractivity contribution is 7.10. The van der Waals surface area contributed by atoms with E-state index in [1.807, 2.05) is 0 Å². The number of carbonyl (C=O) groups is 1. The van der Waals surface area contributed by atoms with E-state index in [2.05, 4.69) is 35.1 Å². The topological polar surface area (TPSA) is 41.1 Å². The number of rotatable bonds is 7. The highest BCUT2D eigenvalue weighted by Gasteiger charge is 2.41. The Kier molecular flexibility index (Phi) is 6.05. The molecule has 112 valence electrons. The van der Waals surface area contributed by atoms with Crippen molar-refractivity contribution in [1.29, 1.82) is 0 Å². The number of hydrogen-bond donors (Lipinski definition) is 2. The summed E-state index contributed by atoms with van der Waals surface area (Å²) in [5, 5.41) is 8.56. The van der Waals surface area contributed by atoms with Crippen molar-refractivity contribution >= 4 is 17.2 Å². The molecule has 1 saturated carbocycles. The van der Waals surface area contributed by atoms with Crippen molar-refractivity contribution in [3.8, 4) is 0 Å². The van der Waals surface area contributed by atoms with Crippen LogP contribution >= 0.6 is 11.3 Å². The van der Waals surface area contributed by atoms with Gasteiger partial charge >= 0.3 is 0 Å². The minimum atomic E-state index is -0.253. The first-order chi connectivity index (χ1) is 9.79. The van der Waals surface area contributed by atoms with Gasteiger partial charge in [-0.1, -0.05) is 32.3 Å². The van der Waals surface area contributed by atoms with Crippen molar-refractivity contribution in [2.75, 3.05) is 19.6 Å². The molecule has 0 aliphatic heterocycles. The lowest BCUT2D eigenvalue weighted by molar-refractivity contribution is -0.127. The van der Waals surface area contributed by atoms with Crippen molar-refractivity contribution in [2.45, 2.75) is 50.9 Å². The zero-order valence-corrected chi connectivity index (χ0v) is 13.2. The van der Waals surface area contributed by atoms with Gasteiger partial charge in [-0.2, -0.15) is 0 Å². The Morgan fingerprint density at radius 3 is 2.70 bits per heavy atom. The second-order valence-corrected chi connectivity index (χ2v) is 6.57. The van der Waals surface area contributed by atoms with E-state index in [9.17, 15) is 4.79 Å². The van der Waals surface area contributed by atoms with Crippen molar-refractivity contribution in [3.05, 3.63) is 22.4 Å². The molecule has 0 bridgehead atoms. The summed E-state index contributed by atoms with van der Waals surface area (Å²) < 4.78 is 0. The quantitative estimate of drug-likeness (QED) is 0.759. The molecule has 1 aliphatic rings. The van der Waals surface area contributed by atoms with Crippen LogP contribution in [0.2, 0.25) is 0 Å². The van der Waals surface area contributed by atoms with E-state index in [-0.39, 0.29) is 11.3 Å². The van der Waals surface area contributed by atoms with Gasteiger partial charge in [0.05, 0.1) is 5.41 Å². The summed E-state index contributed by atoms with van der Waals surface area (Å²) in [5.74, 6) is 0.234. The SMILES string of the molecule is CCCNCCNC(=O)C1(c2cccs2)CCCCC1. The van der Waals surface area contributed by atoms with Gasteiger partial charge in [0.25, 0.3) is 0 Å². The molecule has 1 aromatic rings. The molecular weight excluding hydrogens is 268 g/mol. The standard InChI is InChI=1S/C16H26N2OS/c1-2-10-17-11-12-18-15(19)16(8-4-3-5-9-16)14-7-6-13-20-14/h6-7,13,17H,2-5,8-12H2,1H3,(H,18,19). The zero-order chi connectivity index (χ0) is 14.3. The maximum Gasteiger partial charge on any atom is 0.231 e. The minimum Gasteiger partial charge on any atom is -0.354 e. The molecule has 0 radical (unpaired) electrons. The lowest BCUT2D eigenvalue weighted by Crippen LogP contribution is -2.47. The third kappa shape index (κ3) is 3.61. The van der Waals surface area contributed by atoms with E-state index < -0.39 is 0 Å². The largest absolute Gasteiger partial charge is 0.354 e. The molecule has 20 heavy (non-hydrogen) atoms. The molecule has 2 N–H and O–H groups in total. The summed E-state index contributed by atoms with van der Waals surface area (Å²) in [7, 11) is 0. The molecule has 1 heterocycles. The highest BCUT2D eigenvalue weighted by atomic mass is 32.1. The van der Waals surface area contributed by atoms with Gasteiger partial charge in [-0.05, 0) is 37.3 Å². The normalized spacial score (nSPS) is 17.9. The molecule has 0 unspecified atom stereocenters. The molecule has 0 saturated heterocycles. The van der Waals surface area contributed by atoms with Gasteiger partial charge in [0, 0.05) is 18.0 Å². The number of nitrogens with one attached hydrogen (secondary N) is 2. The molecule has 1 aliphatic carbocycles. The van der Waals surface area contributed by atoms with E-state index in [4.69, 9.17) is 0 Å². The first-order valence-corrected chi connectivity index (χ1v) is 8.70. The van der Waals surface area contributed by atoms with E-state index in [0.717, 1.165) is 38.9 Å². The summed E-state index contributed by atoms with van der Waals surface area (Å²) >= 11 is 1.73. The maximum atomic E-state index is 12.7. The summed E-state index contributed by atoms with van der Waals surface area (Å²) in [6, 6.07) is 4.19. The van der Waals surface area contributed by atoms with Crippen molar-refractivity contribution in [3.63, 3.8) is 0 Å². The molecule has 0 aromatic carbocycles. The third-order valence-electron chi connectivity index (χ3n) is 4.15. The van der Waals surface area contributed by atoms with Gasteiger partial charge in [0.1, 0.15) is 0 Å². The number of carbonyl (C=O) groups excluding carboxylic acids is 1. The molecule has 0 spiro atoms. The Balaban J connectivity index is 1.95. The van der Waals surface area contributed by atoms with Crippen LogP contribution in [0.1, 0.15) is 50.3 Å². The third-order valence-corrected chi connectivity index (χ3v) is 5.22. The Morgan fingerprint density at radius 2 is 2.05 bits per heavy atom. The van der Waals surface area contributed by atoms with Crippen LogP contribution in [0.25, 0.3) is 0 Å². The molecule has 0 atom stereocenters. The van der Waals surface area contributed by atoms with Crippen LogP contribution in [0.3, 0.4) is 0 Å². The summed E-state index contributed by atoms with van der Waals surface area (Å²) in [6.45, 7) is 4.76. The Bertz CT molecular complexity index is 397. The maximum absolute atomic E-state index is 12.7. The first-order valence-electron chi connectivity index (χ1n) is 7.82. The second kappa shape index (κ2) is 7.79. The van der Waals surface area contributed by atoms with Gasteiger partial charge in [-0.3, -0.25) is 4.79 Å². The summed E-state index contributed by atoms with van der Waals surface area (Å²) in [6.07, 6.45) is 6.73. The van der Waals surface area contributed by atoms with Crippen LogP contribution in [0.5, 0.6) is 0 Å². The van der Waals surface area contributed by atoms with E-state index in [1.165, 1.54) is 24.1 Å². The fourth-order valence-electron chi connectivity index (χ4n) is 3.03. The molecule has 1 fully saturated rings. The molecule has 2 rings (SSSR count). The first kappa shape index (κ1) is 15.5. The smallest absolute Gasteiger partial charge is 0.231 e. The van der Waals surface area contributed by atoms with Crippen LogP contribution in [0.4, 0.5) is 0 Å². The highest BCUT2D eigenvalue weighted by Crippen LogP contribution is 2.41. The van der Waals surface area contributed by atoms with Gasteiger partial charge < -0.3 is 10.6 Å². The average Bonchev–Trinajstić information content (AvgIpc) is 3.02. The number of thiophene rings is 1. The molecule has 1 amide bonds. The predicted octanol–water partition coefficient (Wildman–Crippen LogP) is 3.07. The van der Waals surface area contributed by atoms with Crippen molar-refractivity contribution < 1.29 is 4.79 Å². The second-order valence-electron chi connectivity index (χ2n) is 5.63. The van der Waals surface area contributed by atoms with Gasteiger partial charge in [-0.15, -0.1) is 11.3 Å². The lowest BCUT2D eigenvalue weighted by atomic mass is 9.72. The zero-order valence-electron chi connectivity index (χ0n) is 12.4. The average molecular weight is 294 g/mol. The van der Waals surface area contributed by atoms with Crippen LogP contribution in [0, 0.1) is 0 Å². The van der Waals surface area contributed by atoms with Crippen LogP contribution in [-0.2, 0) is 10.2 Å². The Morgan fingerprint density at radius 1 is 1.25 bits per heavy atom. The Labute approximate surface area is 126 Å². The van der Waals surface area contributed by atoms with Crippen LogP contribution in [0.15, 0.2) is 17.5 Å². The molecule has 4 heteroatoms. The number of amides is 1. The monoisotopic (exact) mass is 294 g/mol. The van der Waals surface area contributed by atoms with Crippen molar-refractivity contribution in [2.24, 2.45) is 0 Å². The van der Waals surface area contributed by atoms with Crippen LogP contribution < -0.4 is 10.6 Å².